The quantitative estimate of drug-likeness (QED) is 0.800. The second kappa shape index (κ2) is 5.51. The van der Waals surface area contributed by atoms with Crippen LogP contribution in [0.4, 0.5) is 0 Å². The molecule has 4 nitrogen and oxygen atoms in total. The maximum absolute atomic E-state index is 10.9. The summed E-state index contributed by atoms with van der Waals surface area (Å²) in [4.78, 5) is 10.9. The number of rotatable bonds is 5. The van der Waals surface area contributed by atoms with Gasteiger partial charge in [0.25, 0.3) is 0 Å². The highest BCUT2D eigenvalue weighted by Gasteiger charge is 2.19. The highest BCUT2D eigenvalue weighted by Crippen LogP contribution is 2.13. The molecule has 4 heteroatoms. The Morgan fingerprint density at radius 1 is 1.31 bits per heavy atom. The third-order valence-corrected chi connectivity index (χ3v) is 2.07. The van der Waals surface area contributed by atoms with Crippen molar-refractivity contribution in [2.45, 2.75) is 32.5 Å². The van der Waals surface area contributed by atoms with E-state index in [1.807, 2.05) is 0 Å². The van der Waals surface area contributed by atoms with Gasteiger partial charge in [0.05, 0.1) is 6.10 Å². The molecule has 2 N–H and O–H groups in total. The molecule has 1 aromatic carbocycles. The number of aromatic hydroxyl groups is 1. The van der Waals surface area contributed by atoms with E-state index in [2.05, 4.69) is 0 Å². The molecule has 0 radical (unpaired) electrons. The monoisotopic (exact) mass is 224 g/mol. The van der Waals surface area contributed by atoms with Crippen molar-refractivity contribution < 1.29 is 19.7 Å². The largest absolute Gasteiger partial charge is 0.508 e. The number of carboxylic acid groups (broad SMARTS) is 1. The molecule has 0 aromatic heterocycles. The van der Waals surface area contributed by atoms with E-state index in [-0.39, 0.29) is 11.9 Å². The predicted octanol–water partition coefficient (Wildman–Crippen LogP) is 1.81. The normalized spacial score (nSPS) is 12.7. The smallest absolute Gasteiger partial charge is 0.333 e. The minimum absolute atomic E-state index is 0.127. The maximum atomic E-state index is 10.9. The number of benzene rings is 1. The SMILES string of the molecule is CC(C)O[C@H](Cc1ccc(O)cc1)C(=O)O. The van der Waals surface area contributed by atoms with Crippen molar-refractivity contribution in [3.8, 4) is 5.75 Å². The molecule has 88 valence electrons. The lowest BCUT2D eigenvalue weighted by atomic mass is 10.1. The average Bonchev–Trinajstić information content (AvgIpc) is 2.19. The predicted molar refractivity (Wildman–Crippen MR) is 59.5 cm³/mol. The first kappa shape index (κ1) is 12.5. The van der Waals surface area contributed by atoms with E-state index in [1.165, 1.54) is 12.1 Å². The van der Waals surface area contributed by atoms with Crippen LogP contribution >= 0.6 is 0 Å². The van der Waals surface area contributed by atoms with Gasteiger partial charge in [-0.3, -0.25) is 0 Å². The fourth-order valence-electron chi connectivity index (χ4n) is 1.37. The van der Waals surface area contributed by atoms with Gasteiger partial charge in [0.2, 0.25) is 0 Å². The fourth-order valence-corrected chi connectivity index (χ4v) is 1.37. The van der Waals surface area contributed by atoms with Crippen LogP contribution in [-0.2, 0) is 16.0 Å². The number of phenols is 1. The first-order valence-corrected chi connectivity index (χ1v) is 5.15. The zero-order valence-electron chi connectivity index (χ0n) is 9.38. The molecule has 0 fully saturated rings. The number of hydrogen-bond acceptors (Lipinski definition) is 3. The topological polar surface area (TPSA) is 66.8 Å². The number of phenolic OH excluding ortho intramolecular Hbond substituents is 1. The minimum atomic E-state index is -0.971. The Hall–Kier alpha value is -1.55. The van der Waals surface area contributed by atoms with Crippen LogP contribution in [0.1, 0.15) is 19.4 Å². The molecular formula is C12H16O4. The van der Waals surface area contributed by atoms with Gasteiger partial charge in [-0.1, -0.05) is 12.1 Å². The van der Waals surface area contributed by atoms with Gasteiger partial charge in [-0.25, -0.2) is 4.79 Å². The van der Waals surface area contributed by atoms with Crippen molar-refractivity contribution in [1.82, 2.24) is 0 Å². The van der Waals surface area contributed by atoms with Crippen LogP contribution < -0.4 is 0 Å². The van der Waals surface area contributed by atoms with E-state index in [0.717, 1.165) is 5.56 Å². The Morgan fingerprint density at radius 3 is 2.31 bits per heavy atom. The molecule has 0 saturated carbocycles. The van der Waals surface area contributed by atoms with Crippen molar-refractivity contribution in [2.24, 2.45) is 0 Å². The Kier molecular flexibility index (Phi) is 4.31. The molecule has 0 saturated heterocycles. The number of ether oxygens (including phenoxy) is 1. The average molecular weight is 224 g/mol. The van der Waals surface area contributed by atoms with E-state index < -0.39 is 12.1 Å². The van der Waals surface area contributed by atoms with Gasteiger partial charge < -0.3 is 14.9 Å². The van der Waals surface area contributed by atoms with Gasteiger partial charge in [0, 0.05) is 6.42 Å². The molecule has 16 heavy (non-hydrogen) atoms. The lowest BCUT2D eigenvalue weighted by Crippen LogP contribution is -2.29. The Morgan fingerprint density at radius 2 is 1.88 bits per heavy atom. The second-order valence-corrected chi connectivity index (χ2v) is 3.88. The van der Waals surface area contributed by atoms with Gasteiger partial charge in [-0.2, -0.15) is 0 Å². The van der Waals surface area contributed by atoms with Crippen LogP contribution in [0.15, 0.2) is 24.3 Å². The number of aliphatic carboxylic acids is 1. The molecule has 0 aliphatic rings. The third-order valence-electron chi connectivity index (χ3n) is 2.07. The van der Waals surface area contributed by atoms with Crippen LogP contribution in [0.3, 0.4) is 0 Å². The molecule has 0 bridgehead atoms. The number of carboxylic acids is 1. The molecule has 1 rings (SSSR count). The van der Waals surface area contributed by atoms with E-state index in [9.17, 15) is 4.79 Å². The second-order valence-electron chi connectivity index (χ2n) is 3.88. The van der Waals surface area contributed by atoms with E-state index in [4.69, 9.17) is 14.9 Å². The Bertz CT molecular complexity index is 343. The van der Waals surface area contributed by atoms with Crippen LogP contribution in [0, 0.1) is 0 Å². The number of hydrogen-bond donors (Lipinski definition) is 2. The lowest BCUT2D eigenvalue weighted by molar-refractivity contribution is -0.153. The molecule has 0 aliphatic carbocycles. The van der Waals surface area contributed by atoms with E-state index in [0.29, 0.717) is 6.42 Å². The molecule has 0 unspecified atom stereocenters. The van der Waals surface area contributed by atoms with Crippen molar-refractivity contribution in [3.05, 3.63) is 29.8 Å². The van der Waals surface area contributed by atoms with Gasteiger partial charge >= 0.3 is 5.97 Å². The van der Waals surface area contributed by atoms with Gasteiger partial charge in [-0.05, 0) is 31.5 Å². The summed E-state index contributed by atoms with van der Waals surface area (Å²) in [5.41, 5.74) is 0.825. The van der Waals surface area contributed by atoms with Crippen molar-refractivity contribution in [2.75, 3.05) is 0 Å². The van der Waals surface area contributed by atoms with Crippen molar-refractivity contribution >= 4 is 5.97 Å². The van der Waals surface area contributed by atoms with Crippen molar-refractivity contribution in [3.63, 3.8) is 0 Å². The minimum Gasteiger partial charge on any atom is -0.508 e. The molecule has 0 amide bonds. The highest BCUT2D eigenvalue weighted by atomic mass is 16.5. The summed E-state index contributed by atoms with van der Waals surface area (Å²) in [6.07, 6.45) is -0.670. The van der Waals surface area contributed by atoms with Gasteiger partial charge in [-0.15, -0.1) is 0 Å². The molecule has 0 heterocycles. The van der Waals surface area contributed by atoms with E-state index in [1.54, 1.807) is 26.0 Å². The van der Waals surface area contributed by atoms with Crippen molar-refractivity contribution in [1.29, 1.82) is 0 Å². The Labute approximate surface area is 94.5 Å². The van der Waals surface area contributed by atoms with Crippen LogP contribution in [0.2, 0.25) is 0 Å². The first-order valence-electron chi connectivity index (χ1n) is 5.15. The summed E-state index contributed by atoms with van der Waals surface area (Å²) in [5, 5.41) is 18.1. The summed E-state index contributed by atoms with van der Waals surface area (Å²) in [7, 11) is 0. The maximum Gasteiger partial charge on any atom is 0.333 e. The van der Waals surface area contributed by atoms with Gasteiger partial charge in [0.1, 0.15) is 5.75 Å². The third kappa shape index (κ3) is 3.90. The first-order chi connectivity index (χ1) is 7.49. The molecule has 1 aromatic rings. The Balaban J connectivity index is 2.68. The zero-order valence-corrected chi connectivity index (χ0v) is 9.38. The summed E-state index contributed by atoms with van der Waals surface area (Å²) in [5.74, 6) is -0.804. The fraction of sp³-hybridized carbons (Fsp3) is 0.417. The standard InChI is InChI=1S/C12H16O4/c1-8(2)16-11(12(14)15)7-9-3-5-10(13)6-4-9/h3-6,8,11,13H,7H2,1-2H3,(H,14,15)/t11-/m1/s1. The van der Waals surface area contributed by atoms with Crippen LogP contribution in [0.5, 0.6) is 5.75 Å². The zero-order chi connectivity index (χ0) is 12.1. The summed E-state index contributed by atoms with van der Waals surface area (Å²) in [6.45, 7) is 3.60. The lowest BCUT2D eigenvalue weighted by Gasteiger charge is -2.16. The molecular weight excluding hydrogens is 208 g/mol. The number of carbonyl (C=O) groups is 1. The molecule has 0 aliphatic heterocycles. The summed E-state index contributed by atoms with van der Waals surface area (Å²) < 4.78 is 5.28. The van der Waals surface area contributed by atoms with Crippen LogP contribution in [0.25, 0.3) is 0 Å². The van der Waals surface area contributed by atoms with E-state index >= 15 is 0 Å². The summed E-state index contributed by atoms with van der Waals surface area (Å²) in [6, 6.07) is 6.44. The summed E-state index contributed by atoms with van der Waals surface area (Å²) >= 11 is 0. The highest BCUT2D eigenvalue weighted by molar-refractivity contribution is 5.72. The molecule has 1 atom stereocenters. The van der Waals surface area contributed by atoms with Gasteiger partial charge in [0.15, 0.2) is 6.10 Å². The van der Waals surface area contributed by atoms with Crippen LogP contribution in [-0.4, -0.2) is 28.4 Å². The molecule has 0 spiro atoms.